The van der Waals surface area contributed by atoms with Gasteiger partial charge in [0.05, 0.1) is 6.61 Å². The maximum atomic E-state index is 11.6. The highest BCUT2D eigenvalue weighted by molar-refractivity contribution is 5.87. The molecule has 1 aliphatic heterocycles. The van der Waals surface area contributed by atoms with Crippen LogP contribution in [0.15, 0.2) is 36.4 Å². The summed E-state index contributed by atoms with van der Waals surface area (Å²) < 4.78 is 5.67. The van der Waals surface area contributed by atoms with Crippen LogP contribution in [0, 0.1) is 0 Å². The van der Waals surface area contributed by atoms with Crippen LogP contribution in [0.1, 0.15) is 17.2 Å². The Hall–Kier alpha value is -1.65. The minimum Gasteiger partial charge on any atom is -0.367 e. The van der Waals surface area contributed by atoms with Gasteiger partial charge >= 0.3 is 0 Å². The predicted molar refractivity (Wildman–Crippen MR) is 74.7 cm³/mol. The number of carbonyl (C=O) groups is 1. The Morgan fingerprint density at radius 3 is 3.05 bits per heavy atom. The number of likely N-dealkylation sites (N-methyl/N-ethyl adjacent to an activating group) is 1. The quantitative estimate of drug-likeness (QED) is 0.816. The molecule has 1 aromatic rings. The molecular weight excluding hydrogens is 240 g/mol. The summed E-state index contributed by atoms with van der Waals surface area (Å²) in [6, 6.07) is 8.13. The van der Waals surface area contributed by atoms with E-state index in [2.05, 4.69) is 17.4 Å². The lowest BCUT2D eigenvalue weighted by molar-refractivity contribution is -0.117. The molecule has 1 unspecified atom stereocenters. The summed E-state index contributed by atoms with van der Waals surface area (Å²) in [5, 5.41) is 2.87. The van der Waals surface area contributed by atoms with E-state index in [9.17, 15) is 4.79 Å². The second-order valence-corrected chi connectivity index (χ2v) is 4.91. The van der Waals surface area contributed by atoms with E-state index in [0.717, 1.165) is 6.54 Å². The van der Waals surface area contributed by atoms with Crippen LogP contribution in [0.4, 0.5) is 0 Å². The molecule has 2 rings (SSSR count). The second kappa shape index (κ2) is 6.50. The number of fused-ring (bicyclic) bond motifs is 1. The molecule has 0 aliphatic carbocycles. The van der Waals surface area contributed by atoms with Crippen molar-refractivity contribution in [2.75, 3.05) is 27.2 Å². The molecule has 0 spiro atoms. The standard InChI is InChI=1S/C15H20N2O2/c1-17(2)9-5-8-15(18)16-10-14-13-7-4-3-6-12(13)11-19-14/h3-8,14H,9-11H2,1-2H3,(H,16,18)/b8-5+. The molecule has 1 amide bonds. The van der Waals surface area contributed by atoms with Crippen LogP contribution in [0.25, 0.3) is 0 Å². The van der Waals surface area contributed by atoms with E-state index < -0.39 is 0 Å². The molecule has 1 aliphatic rings. The smallest absolute Gasteiger partial charge is 0.243 e. The van der Waals surface area contributed by atoms with Crippen molar-refractivity contribution in [3.63, 3.8) is 0 Å². The number of benzene rings is 1. The zero-order valence-corrected chi connectivity index (χ0v) is 11.4. The number of hydrogen-bond donors (Lipinski definition) is 1. The summed E-state index contributed by atoms with van der Waals surface area (Å²) in [5.74, 6) is -0.0742. The monoisotopic (exact) mass is 260 g/mol. The summed E-state index contributed by atoms with van der Waals surface area (Å²) in [6.45, 7) is 1.91. The lowest BCUT2D eigenvalue weighted by Crippen LogP contribution is -2.26. The van der Waals surface area contributed by atoms with E-state index in [-0.39, 0.29) is 12.0 Å². The number of amides is 1. The topological polar surface area (TPSA) is 41.6 Å². The molecule has 0 saturated carbocycles. The van der Waals surface area contributed by atoms with Gasteiger partial charge in [-0.25, -0.2) is 0 Å². The minimum absolute atomic E-state index is 0.0256. The molecule has 1 N–H and O–H groups in total. The van der Waals surface area contributed by atoms with Crippen LogP contribution in [-0.2, 0) is 16.1 Å². The predicted octanol–water partition coefficient (Wildman–Crippen LogP) is 1.49. The molecule has 0 aromatic heterocycles. The Labute approximate surface area is 114 Å². The first-order chi connectivity index (χ1) is 9.16. The Balaban J connectivity index is 1.81. The van der Waals surface area contributed by atoms with Crippen molar-refractivity contribution in [1.29, 1.82) is 0 Å². The Bertz CT molecular complexity index is 469. The highest BCUT2D eigenvalue weighted by Crippen LogP contribution is 2.29. The van der Waals surface area contributed by atoms with Gasteiger partial charge in [-0.15, -0.1) is 0 Å². The molecule has 1 heterocycles. The Morgan fingerprint density at radius 2 is 2.26 bits per heavy atom. The number of ether oxygens (including phenoxy) is 1. The van der Waals surface area contributed by atoms with Gasteiger partial charge in [0.1, 0.15) is 6.10 Å². The van der Waals surface area contributed by atoms with E-state index in [4.69, 9.17) is 4.74 Å². The van der Waals surface area contributed by atoms with Crippen molar-refractivity contribution >= 4 is 5.91 Å². The summed E-state index contributed by atoms with van der Waals surface area (Å²) in [6.07, 6.45) is 3.39. The molecule has 1 atom stereocenters. The maximum absolute atomic E-state index is 11.6. The molecule has 102 valence electrons. The third kappa shape index (κ3) is 3.91. The first-order valence-corrected chi connectivity index (χ1v) is 6.45. The summed E-state index contributed by atoms with van der Waals surface area (Å²) >= 11 is 0. The van der Waals surface area contributed by atoms with E-state index >= 15 is 0 Å². The third-order valence-corrected chi connectivity index (χ3v) is 3.04. The van der Waals surface area contributed by atoms with Crippen molar-refractivity contribution in [2.45, 2.75) is 12.7 Å². The van der Waals surface area contributed by atoms with Crippen molar-refractivity contribution in [1.82, 2.24) is 10.2 Å². The van der Waals surface area contributed by atoms with Crippen molar-refractivity contribution in [3.8, 4) is 0 Å². The zero-order valence-electron chi connectivity index (χ0n) is 11.4. The lowest BCUT2D eigenvalue weighted by Gasteiger charge is -2.11. The van der Waals surface area contributed by atoms with Crippen LogP contribution >= 0.6 is 0 Å². The number of carbonyl (C=O) groups excluding carboxylic acids is 1. The van der Waals surface area contributed by atoms with Crippen LogP contribution in [-0.4, -0.2) is 38.0 Å². The molecule has 19 heavy (non-hydrogen) atoms. The average Bonchev–Trinajstić information content (AvgIpc) is 2.79. The van der Waals surface area contributed by atoms with Gasteiger partial charge in [0.25, 0.3) is 0 Å². The molecular formula is C15H20N2O2. The lowest BCUT2D eigenvalue weighted by atomic mass is 10.1. The van der Waals surface area contributed by atoms with Gasteiger partial charge in [0.15, 0.2) is 0 Å². The first kappa shape index (κ1) is 13.8. The molecule has 0 saturated heterocycles. The van der Waals surface area contributed by atoms with Gasteiger partial charge in [0, 0.05) is 19.2 Å². The normalized spacial score (nSPS) is 17.9. The second-order valence-electron chi connectivity index (χ2n) is 4.91. The zero-order chi connectivity index (χ0) is 13.7. The molecule has 0 radical (unpaired) electrons. The fraction of sp³-hybridized carbons (Fsp3) is 0.400. The number of rotatable bonds is 5. The fourth-order valence-corrected chi connectivity index (χ4v) is 2.05. The molecule has 1 aromatic carbocycles. The van der Waals surface area contributed by atoms with Gasteiger partial charge in [0.2, 0.25) is 5.91 Å². The van der Waals surface area contributed by atoms with E-state index in [1.807, 2.05) is 37.2 Å². The third-order valence-electron chi connectivity index (χ3n) is 3.04. The number of hydrogen-bond acceptors (Lipinski definition) is 3. The molecule has 0 fully saturated rings. The van der Waals surface area contributed by atoms with Gasteiger partial charge in [-0.2, -0.15) is 0 Å². The van der Waals surface area contributed by atoms with Crippen LogP contribution in [0.2, 0.25) is 0 Å². The fourth-order valence-electron chi connectivity index (χ4n) is 2.05. The summed E-state index contributed by atoms with van der Waals surface area (Å²) in [4.78, 5) is 13.6. The van der Waals surface area contributed by atoms with Crippen LogP contribution in [0.3, 0.4) is 0 Å². The molecule has 4 heteroatoms. The van der Waals surface area contributed by atoms with Crippen molar-refractivity contribution in [3.05, 3.63) is 47.5 Å². The van der Waals surface area contributed by atoms with Gasteiger partial charge in [-0.05, 0) is 25.2 Å². The SMILES string of the molecule is CN(C)C/C=C/C(=O)NCC1OCc2ccccc21. The van der Waals surface area contributed by atoms with Crippen LogP contribution < -0.4 is 5.32 Å². The Morgan fingerprint density at radius 1 is 1.47 bits per heavy atom. The first-order valence-electron chi connectivity index (χ1n) is 6.45. The number of nitrogens with one attached hydrogen (secondary N) is 1. The highest BCUT2D eigenvalue weighted by Gasteiger charge is 2.22. The minimum atomic E-state index is -0.0742. The Kier molecular flexibility index (Phi) is 4.71. The van der Waals surface area contributed by atoms with Crippen molar-refractivity contribution in [2.24, 2.45) is 0 Å². The maximum Gasteiger partial charge on any atom is 0.243 e. The van der Waals surface area contributed by atoms with Gasteiger partial charge in [-0.3, -0.25) is 4.79 Å². The number of nitrogens with zero attached hydrogens (tertiary/aromatic N) is 1. The average molecular weight is 260 g/mol. The van der Waals surface area contributed by atoms with Crippen LogP contribution in [0.5, 0.6) is 0 Å². The van der Waals surface area contributed by atoms with Gasteiger partial charge < -0.3 is 15.0 Å². The largest absolute Gasteiger partial charge is 0.367 e. The van der Waals surface area contributed by atoms with E-state index in [1.165, 1.54) is 11.1 Å². The summed E-state index contributed by atoms with van der Waals surface area (Å²) in [5.41, 5.74) is 2.39. The summed E-state index contributed by atoms with van der Waals surface area (Å²) in [7, 11) is 3.93. The van der Waals surface area contributed by atoms with Gasteiger partial charge in [-0.1, -0.05) is 30.3 Å². The van der Waals surface area contributed by atoms with Crippen molar-refractivity contribution < 1.29 is 9.53 Å². The van der Waals surface area contributed by atoms with E-state index in [0.29, 0.717) is 13.2 Å². The molecule has 4 nitrogen and oxygen atoms in total. The molecule has 0 bridgehead atoms. The van der Waals surface area contributed by atoms with E-state index in [1.54, 1.807) is 6.08 Å². The highest BCUT2D eigenvalue weighted by atomic mass is 16.5.